The quantitative estimate of drug-likeness (QED) is 0.849. The lowest BCUT2D eigenvalue weighted by atomic mass is 9.97. The van der Waals surface area contributed by atoms with Crippen molar-refractivity contribution in [3.63, 3.8) is 0 Å². The number of nitrogens with one attached hydrogen (secondary N) is 2. The van der Waals surface area contributed by atoms with Crippen molar-refractivity contribution >= 4 is 5.91 Å². The van der Waals surface area contributed by atoms with Gasteiger partial charge < -0.3 is 15.4 Å². The van der Waals surface area contributed by atoms with Gasteiger partial charge in [-0.05, 0) is 54.8 Å². The summed E-state index contributed by atoms with van der Waals surface area (Å²) in [6.07, 6.45) is 1.47. The number of ether oxygens (including phenoxy) is 1. The van der Waals surface area contributed by atoms with Gasteiger partial charge in [0.1, 0.15) is 11.6 Å². The van der Waals surface area contributed by atoms with Crippen LogP contribution in [0.5, 0.6) is 5.75 Å². The minimum atomic E-state index is -0.259. The van der Waals surface area contributed by atoms with Gasteiger partial charge in [0.15, 0.2) is 0 Å². The fourth-order valence-corrected chi connectivity index (χ4v) is 3.11. The SMILES string of the molecule is COc1ccc([C@H](Cc2ccc(F)cc2)NC(=O)[C@@H]2CCNC2)cc1. The number of hydrogen-bond acceptors (Lipinski definition) is 3. The number of halogens is 1. The van der Waals surface area contributed by atoms with E-state index in [1.807, 2.05) is 24.3 Å². The number of hydrogen-bond donors (Lipinski definition) is 2. The first-order valence-electron chi connectivity index (χ1n) is 8.55. The Morgan fingerprint density at radius 2 is 1.96 bits per heavy atom. The molecule has 1 saturated heterocycles. The maximum atomic E-state index is 13.2. The van der Waals surface area contributed by atoms with Crippen LogP contribution in [0.2, 0.25) is 0 Å². The molecular formula is C20H23FN2O2. The van der Waals surface area contributed by atoms with Crippen LogP contribution in [0.15, 0.2) is 48.5 Å². The molecule has 1 aliphatic heterocycles. The molecule has 3 rings (SSSR count). The Labute approximate surface area is 147 Å². The topological polar surface area (TPSA) is 50.4 Å². The van der Waals surface area contributed by atoms with Crippen LogP contribution in [0.25, 0.3) is 0 Å². The van der Waals surface area contributed by atoms with Crippen molar-refractivity contribution in [1.82, 2.24) is 10.6 Å². The second-order valence-electron chi connectivity index (χ2n) is 6.35. The third-order valence-electron chi connectivity index (χ3n) is 4.62. The van der Waals surface area contributed by atoms with E-state index in [1.54, 1.807) is 19.2 Å². The first-order chi connectivity index (χ1) is 12.2. The molecule has 0 spiro atoms. The van der Waals surface area contributed by atoms with Gasteiger partial charge in [-0.15, -0.1) is 0 Å². The van der Waals surface area contributed by atoms with Crippen LogP contribution < -0.4 is 15.4 Å². The molecule has 2 atom stereocenters. The lowest BCUT2D eigenvalue weighted by molar-refractivity contribution is -0.125. The Bertz CT molecular complexity index is 695. The van der Waals surface area contributed by atoms with Crippen molar-refractivity contribution in [2.45, 2.75) is 18.9 Å². The lowest BCUT2D eigenvalue weighted by Gasteiger charge is -2.22. The van der Waals surface area contributed by atoms with Gasteiger partial charge in [0.05, 0.1) is 19.1 Å². The van der Waals surface area contributed by atoms with Crippen LogP contribution in [0.4, 0.5) is 4.39 Å². The predicted molar refractivity (Wildman–Crippen MR) is 95.0 cm³/mol. The van der Waals surface area contributed by atoms with E-state index >= 15 is 0 Å². The zero-order valence-electron chi connectivity index (χ0n) is 14.3. The highest BCUT2D eigenvalue weighted by molar-refractivity contribution is 5.79. The number of methoxy groups -OCH3 is 1. The van der Waals surface area contributed by atoms with Crippen LogP contribution in [0, 0.1) is 11.7 Å². The Morgan fingerprint density at radius 3 is 2.56 bits per heavy atom. The molecule has 1 amide bonds. The van der Waals surface area contributed by atoms with Crippen LogP contribution in [0.1, 0.15) is 23.6 Å². The molecule has 5 heteroatoms. The molecule has 2 N–H and O–H groups in total. The smallest absolute Gasteiger partial charge is 0.224 e. The van der Waals surface area contributed by atoms with E-state index < -0.39 is 0 Å². The van der Waals surface area contributed by atoms with Gasteiger partial charge in [-0.1, -0.05) is 24.3 Å². The van der Waals surface area contributed by atoms with E-state index in [0.29, 0.717) is 6.42 Å². The number of amides is 1. The lowest BCUT2D eigenvalue weighted by Crippen LogP contribution is -2.35. The highest BCUT2D eigenvalue weighted by Gasteiger charge is 2.25. The van der Waals surface area contributed by atoms with Crippen molar-refractivity contribution < 1.29 is 13.9 Å². The molecule has 1 fully saturated rings. The van der Waals surface area contributed by atoms with E-state index in [0.717, 1.165) is 36.4 Å². The van der Waals surface area contributed by atoms with Crippen molar-refractivity contribution in [3.05, 3.63) is 65.5 Å². The maximum Gasteiger partial charge on any atom is 0.224 e. The van der Waals surface area contributed by atoms with Crippen molar-refractivity contribution in [2.75, 3.05) is 20.2 Å². The monoisotopic (exact) mass is 342 g/mol. The molecule has 0 aromatic heterocycles. The van der Waals surface area contributed by atoms with E-state index in [9.17, 15) is 9.18 Å². The second kappa shape index (κ2) is 8.12. The Morgan fingerprint density at radius 1 is 1.24 bits per heavy atom. The summed E-state index contributed by atoms with van der Waals surface area (Å²) >= 11 is 0. The molecular weight excluding hydrogens is 319 g/mol. The van der Waals surface area contributed by atoms with E-state index in [-0.39, 0.29) is 23.7 Å². The van der Waals surface area contributed by atoms with Crippen LogP contribution in [-0.4, -0.2) is 26.1 Å². The van der Waals surface area contributed by atoms with Gasteiger partial charge in [-0.2, -0.15) is 0 Å². The third kappa shape index (κ3) is 4.57. The van der Waals surface area contributed by atoms with E-state index in [2.05, 4.69) is 10.6 Å². The standard InChI is InChI=1S/C20H23FN2O2/c1-25-18-8-4-15(5-9-18)19(12-14-2-6-17(21)7-3-14)23-20(24)16-10-11-22-13-16/h2-9,16,19,22H,10-13H2,1H3,(H,23,24)/t16-,19+/m1/s1. The molecule has 2 aromatic rings. The molecule has 25 heavy (non-hydrogen) atoms. The van der Waals surface area contributed by atoms with Crippen molar-refractivity contribution in [2.24, 2.45) is 5.92 Å². The highest BCUT2D eigenvalue weighted by atomic mass is 19.1. The summed E-state index contributed by atoms with van der Waals surface area (Å²) in [6, 6.07) is 13.9. The Balaban J connectivity index is 1.78. The van der Waals surface area contributed by atoms with Crippen LogP contribution in [0.3, 0.4) is 0 Å². The summed E-state index contributed by atoms with van der Waals surface area (Å²) in [6.45, 7) is 1.60. The number of carbonyl (C=O) groups is 1. The minimum Gasteiger partial charge on any atom is -0.497 e. The van der Waals surface area contributed by atoms with Gasteiger partial charge in [-0.3, -0.25) is 4.79 Å². The first kappa shape index (κ1) is 17.4. The number of carbonyl (C=O) groups excluding carboxylic acids is 1. The fraction of sp³-hybridized carbons (Fsp3) is 0.350. The van der Waals surface area contributed by atoms with E-state index in [4.69, 9.17) is 4.74 Å². The van der Waals surface area contributed by atoms with Gasteiger partial charge in [0, 0.05) is 6.54 Å². The van der Waals surface area contributed by atoms with Crippen molar-refractivity contribution in [3.8, 4) is 5.75 Å². The highest BCUT2D eigenvalue weighted by Crippen LogP contribution is 2.23. The number of rotatable bonds is 6. The molecule has 2 aromatic carbocycles. The largest absolute Gasteiger partial charge is 0.497 e. The summed E-state index contributed by atoms with van der Waals surface area (Å²) in [5.41, 5.74) is 1.98. The molecule has 0 aliphatic carbocycles. The maximum absolute atomic E-state index is 13.2. The van der Waals surface area contributed by atoms with Crippen molar-refractivity contribution in [1.29, 1.82) is 0 Å². The zero-order valence-corrected chi connectivity index (χ0v) is 14.3. The molecule has 132 valence electrons. The van der Waals surface area contributed by atoms with E-state index in [1.165, 1.54) is 12.1 Å². The summed E-state index contributed by atoms with van der Waals surface area (Å²) < 4.78 is 18.4. The minimum absolute atomic E-state index is 0.00830. The second-order valence-corrected chi connectivity index (χ2v) is 6.35. The third-order valence-corrected chi connectivity index (χ3v) is 4.62. The van der Waals surface area contributed by atoms with Gasteiger partial charge >= 0.3 is 0 Å². The van der Waals surface area contributed by atoms with Crippen LogP contribution in [-0.2, 0) is 11.2 Å². The molecule has 0 radical (unpaired) electrons. The number of benzene rings is 2. The predicted octanol–water partition coefficient (Wildman–Crippen LogP) is 2.84. The average molecular weight is 342 g/mol. The molecule has 0 saturated carbocycles. The average Bonchev–Trinajstić information content (AvgIpc) is 3.18. The summed E-state index contributed by atoms with van der Waals surface area (Å²) in [4.78, 5) is 12.6. The van der Waals surface area contributed by atoms with Gasteiger partial charge in [0.25, 0.3) is 0 Å². The summed E-state index contributed by atoms with van der Waals surface area (Å²) in [5.74, 6) is 0.586. The van der Waals surface area contributed by atoms with Gasteiger partial charge in [0.2, 0.25) is 5.91 Å². The molecule has 1 heterocycles. The molecule has 0 unspecified atom stereocenters. The Hall–Kier alpha value is -2.40. The summed E-state index contributed by atoms with van der Waals surface area (Å²) in [5, 5.41) is 6.38. The Kier molecular flexibility index (Phi) is 5.66. The van der Waals surface area contributed by atoms with Crippen LogP contribution >= 0.6 is 0 Å². The zero-order chi connectivity index (χ0) is 17.6. The molecule has 4 nitrogen and oxygen atoms in total. The summed E-state index contributed by atoms with van der Waals surface area (Å²) in [7, 11) is 1.62. The first-order valence-corrected chi connectivity index (χ1v) is 8.55. The molecule has 1 aliphatic rings. The normalized spacial score (nSPS) is 17.9. The van der Waals surface area contributed by atoms with Gasteiger partial charge in [-0.25, -0.2) is 4.39 Å². The fourth-order valence-electron chi connectivity index (χ4n) is 3.11. The molecule has 0 bridgehead atoms.